The van der Waals surface area contributed by atoms with Gasteiger partial charge in [0.2, 0.25) is 5.91 Å². The summed E-state index contributed by atoms with van der Waals surface area (Å²) in [6.45, 7) is 1.80. The van der Waals surface area contributed by atoms with Gasteiger partial charge in [-0.05, 0) is 31.5 Å². The molecular weight excluding hydrogens is 292 g/mol. The highest BCUT2D eigenvalue weighted by molar-refractivity contribution is 5.81. The van der Waals surface area contributed by atoms with Crippen molar-refractivity contribution < 1.29 is 9.59 Å². The van der Waals surface area contributed by atoms with E-state index in [1.165, 1.54) is 0 Å². The topological polar surface area (TPSA) is 79.0 Å². The van der Waals surface area contributed by atoms with Gasteiger partial charge in [0.05, 0.1) is 12.6 Å². The monoisotopic (exact) mass is 314 g/mol. The summed E-state index contributed by atoms with van der Waals surface area (Å²) in [5, 5.41) is 5.85. The Labute approximate surface area is 135 Å². The number of likely N-dealkylation sites (tertiary alicyclic amines) is 1. The van der Waals surface area contributed by atoms with Crippen LogP contribution in [0.5, 0.6) is 0 Å². The van der Waals surface area contributed by atoms with Crippen molar-refractivity contribution in [1.82, 2.24) is 9.91 Å². The fraction of sp³-hybridized carbons (Fsp3) is 0.471. The minimum absolute atomic E-state index is 0.00475. The first-order valence-corrected chi connectivity index (χ1v) is 8.06. The molecule has 2 amide bonds. The fourth-order valence-corrected chi connectivity index (χ4v) is 3.25. The Morgan fingerprint density at radius 2 is 1.87 bits per heavy atom. The number of amides is 2. The fourth-order valence-electron chi connectivity index (χ4n) is 3.25. The van der Waals surface area contributed by atoms with E-state index in [0.29, 0.717) is 6.54 Å². The molecule has 3 rings (SSSR count). The van der Waals surface area contributed by atoms with Crippen LogP contribution in [-0.2, 0) is 9.59 Å². The van der Waals surface area contributed by atoms with E-state index in [4.69, 9.17) is 5.73 Å². The molecule has 0 spiro atoms. The normalized spacial score (nSPS) is 22.4. The van der Waals surface area contributed by atoms with Crippen molar-refractivity contribution in [3.05, 3.63) is 35.9 Å². The first kappa shape index (κ1) is 15.7. The van der Waals surface area contributed by atoms with Gasteiger partial charge in [-0.2, -0.15) is 5.10 Å². The SMILES string of the molecule is NC(=O)C1CCN(CC(=O)N2N=CC[C@@H]2c2ccccc2)CC1. The molecule has 1 aromatic rings. The van der Waals surface area contributed by atoms with Crippen molar-refractivity contribution in [3.63, 3.8) is 0 Å². The Kier molecular flexibility index (Phi) is 4.71. The number of primary amides is 1. The summed E-state index contributed by atoms with van der Waals surface area (Å²) in [6, 6.07) is 9.96. The van der Waals surface area contributed by atoms with Crippen LogP contribution >= 0.6 is 0 Å². The molecule has 0 bridgehead atoms. The Bertz CT molecular complexity index is 594. The second kappa shape index (κ2) is 6.91. The Hall–Kier alpha value is -2.21. The Balaban J connectivity index is 1.58. The maximum absolute atomic E-state index is 12.6. The van der Waals surface area contributed by atoms with Crippen molar-refractivity contribution in [2.45, 2.75) is 25.3 Å². The molecule has 1 saturated heterocycles. The van der Waals surface area contributed by atoms with Crippen LogP contribution in [0.2, 0.25) is 0 Å². The third-order valence-corrected chi connectivity index (χ3v) is 4.62. The standard InChI is InChI=1S/C17H22N4O2/c18-17(23)14-7-10-20(11-8-14)12-16(22)21-15(6-9-19-21)13-4-2-1-3-5-13/h1-5,9,14-15H,6-8,10-12H2,(H2,18,23)/t15-/m1/s1. The molecule has 2 heterocycles. The molecule has 1 aromatic carbocycles. The third kappa shape index (κ3) is 3.59. The molecule has 0 radical (unpaired) electrons. The van der Waals surface area contributed by atoms with E-state index in [2.05, 4.69) is 10.0 Å². The molecular formula is C17H22N4O2. The van der Waals surface area contributed by atoms with Crippen molar-refractivity contribution in [2.75, 3.05) is 19.6 Å². The first-order valence-electron chi connectivity index (χ1n) is 8.06. The van der Waals surface area contributed by atoms with Gasteiger partial charge >= 0.3 is 0 Å². The zero-order chi connectivity index (χ0) is 16.2. The number of hydrazone groups is 1. The molecule has 2 aliphatic heterocycles. The number of nitrogens with zero attached hydrogens (tertiary/aromatic N) is 3. The number of rotatable bonds is 4. The highest BCUT2D eigenvalue weighted by Crippen LogP contribution is 2.28. The summed E-state index contributed by atoms with van der Waals surface area (Å²) >= 11 is 0. The number of piperidine rings is 1. The van der Waals surface area contributed by atoms with E-state index in [9.17, 15) is 9.59 Å². The molecule has 0 saturated carbocycles. The zero-order valence-corrected chi connectivity index (χ0v) is 13.1. The average Bonchev–Trinajstić information content (AvgIpc) is 3.06. The Morgan fingerprint density at radius 1 is 1.17 bits per heavy atom. The summed E-state index contributed by atoms with van der Waals surface area (Å²) in [7, 11) is 0. The number of nitrogens with two attached hydrogens (primary N) is 1. The van der Waals surface area contributed by atoms with E-state index in [0.717, 1.165) is 37.9 Å². The van der Waals surface area contributed by atoms with Crippen LogP contribution < -0.4 is 5.73 Å². The van der Waals surface area contributed by atoms with E-state index in [1.807, 2.05) is 30.3 Å². The van der Waals surface area contributed by atoms with Crippen molar-refractivity contribution in [2.24, 2.45) is 16.8 Å². The number of carbonyl (C=O) groups excluding carboxylic acids is 2. The molecule has 1 fully saturated rings. The molecule has 122 valence electrons. The van der Waals surface area contributed by atoms with Gasteiger partial charge < -0.3 is 5.73 Å². The summed E-state index contributed by atoms with van der Waals surface area (Å²) in [5.41, 5.74) is 6.45. The molecule has 6 heteroatoms. The second-order valence-corrected chi connectivity index (χ2v) is 6.15. The van der Waals surface area contributed by atoms with Crippen LogP contribution in [0.25, 0.3) is 0 Å². The molecule has 0 aliphatic carbocycles. The lowest BCUT2D eigenvalue weighted by molar-refractivity contribution is -0.134. The number of hydrogen-bond acceptors (Lipinski definition) is 4. The van der Waals surface area contributed by atoms with Crippen LogP contribution in [0.1, 0.15) is 30.9 Å². The van der Waals surface area contributed by atoms with Crippen molar-refractivity contribution in [1.29, 1.82) is 0 Å². The summed E-state index contributed by atoms with van der Waals surface area (Å²) in [5.74, 6) is -0.280. The van der Waals surface area contributed by atoms with Crippen LogP contribution in [0, 0.1) is 5.92 Å². The van der Waals surface area contributed by atoms with E-state index in [-0.39, 0.29) is 23.8 Å². The Morgan fingerprint density at radius 3 is 2.52 bits per heavy atom. The predicted molar refractivity (Wildman–Crippen MR) is 87.5 cm³/mol. The van der Waals surface area contributed by atoms with Gasteiger partial charge in [0.1, 0.15) is 0 Å². The van der Waals surface area contributed by atoms with E-state index in [1.54, 1.807) is 11.2 Å². The average molecular weight is 314 g/mol. The summed E-state index contributed by atoms with van der Waals surface area (Å²) < 4.78 is 0. The first-order chi connectivity index (χ1) is 11.1. The lowest BCUT2D eigenvalue weighted by Gasteiger charge is -2.31. The largest absolute Gasteiger partial charge is 0.369 e. The molecule has 23 heavy (non-hydrogen) atoms. The summed E-state index contributed by atoms with van der Waals surface area (Å²) in [4.78, 5) is 25.9. The van der Waals surface area contributed by atoms with Gasteiger partial charge in [0.15, 0.2) is 0 Å². The van der Waals surface area contributed by atoms with Gasteiger partial charge in [-0.1, -0.05) is 30.3 Å². The van der Waals surface area contributed by atoms with Crippen LogP contribution in [0.4, 0.5) is 0 Å². The lowest BCUT2D eigenvalue weighted by Crippen LogP contribution is -2.43. The molecule has 0 aromatic heterocycles. The smallest absolute Gasteiger partial charge is 0.257 e. The minimum Gasteiger partial charge on any atom is -0.369 e. The van der Waals surface area contributed by atoms with Crippen molar-refractivity contribution in [3.8, 4) is 0 Å². The van der Waals surface area contributed by atoms with Crippen LogP contribution in [0.15, 0.2) is 35.4 Å². The number of benzene rings is 1. The highest BCUT2D eigenvalue weighted by atomic mass is 16.2. The number of hydrogen-bond donors (Lipinski definition) is 1. The van der Waals surface area contributed by atoms with Gasteiger partial charge in [0.25, 0.3) is 5.91 Å². The third-order valence-electron chi connectivity index (χ3n) is 4.62. The predicted octanol–water partition coefficient (Wildman–Crippen LogP) is 1.14. The molecule has 0 unspecified atom stereocenters. The van der Waals surface area contributed by atoms with E-state index < -0.39 is 0 Å². The molecule has 1 atom stereocenters. The second-order valence-electron chi connectivity index (χ2n) is 6.15. The van der Waals surface area contributed by atoms with Gasteiger partial charge in [-0.3, -0.25) is 14.5 Å². The van der Waals surface area contributed by atoms with Crippen molar-refractivity contribution >= 4 is 18.0 Å². The maximum Gasteiger partial charge on any atom is 0.257 e. The van der Waals surface area contributed by atoms with Gasteiger partial charge in [-0.25, -0.2) is 5.01 Å². The van der Waals surface area contributed by atoms with Gasteiger partial charge in [0, 0.05) is 18.6 Å². The van der Waals surface area contributed by atoms with Crippen LogP contribution in [0.3, 0.4) is 0 Å². The lowest BCUT2D eigenvalue weighted by atomic mass is 9.96. The van der Waals surface area contributed by atoms with Gasteiger partial charge in [-0.15, -0.1) is 0 Å². The maximum atomic E-state index is 12.6. The quantitative estimate of drug-likeness (QED) is 0.905. The minimum atomic E-state index is -0.232. The highest BCUT2D eigenvalue weighted by Gasteiger charge is 2.30. The molecule has 6 nitrogen and oxygen atoms in total. The molecule has 2 N–H and O–H groups in total. The van der Waals surface area contributed by atoms with Crippen LogP contribution in [-0.4, -0.2) is 47.6 Å². The summed E-state index contributed by atoms with van der Waals surface area (Å²) in [6.07, 6.45) is 4.01. The zero-order valence-electron chi connectivity index (χ0n) is 13.1. The van der Waals surface area contributed by atoms with E-state index >= 15 is 0 Å². The molecule has 2 aliphatic rings. The number of carbonyl (C=O) groups is 2.